The van der Waals surface area contributed by atoms with Gasteiger partial charge in [-0.1, -0.05) is 0 Å². The van der Waals surface area contributed by atoms with Crippen LogP contribution in [0.5, 0.6) is 0 Å². The molecule has 2 aromatic rings. The third kappa shape index (κ3) is 1.54. The highest BCUT2D eigenvalue weighted by Gasteiger charge is 2.04. The fourth-order valence-corrected chi connectivity index (χ4v) is 1.27. The van der Waals surface area contributed by atoms with Crippen LogP contribution in [-0.2, 0) is 11.2 Å². The van der Waals surface area contributed by atoms with E-state index in [0.29, 0.717) is 24.4 Å². The van der Waals surface area contributed by atoms with Crippen LogP contribution in [0.15, 0.2) is 18.3 Å². The number of fused-ring (bicyclic) bond motifs is 1. The second-order valence-electron chi connectivity index (χ2n) is 3.00. The van der Waals surface area contributed by atoms with Crippen molar-refractivity contribution in [3.63, 3.8) is 0 Å². The van der Waals surface area contributed by atoms with E-state index in [0.717, 1.165) is 5.82 Å². The fraction of sp³-hybridized carbons (Fsp3) is 0.333. The van der Waals surface area contributed by atoms with Crippen molar-refractivity contribution in [2.24, 2.45) is 0 Å². The van der Waals surface area contributed by atoms with Crippen LogP contribution in [0.25, 0.3) is 5.65 Å². The van der Waals surface area contributed by atoms with Gasteiger partial charge in [0.2, 0.25) is 0 Å². The molecule has 74 valence electrons. The highest BCUT2D eigenvalue weighted by molar-refractivity contribution is 5.63. The summed E-state index contributed by atoms with van der Waals surface area (Å²) in [7, 11) is 1.66. The standard InChI is InChI=1S/C9H12N4O/c1-14-6-4-8-11-9-7(10)3-2-5-13(9)12-8/h2-3,5H,4,6,10H2,1H3. The van der Waals surface area contributed by atoms with Gasteiger partial charge >= 0.3 is 0 Å². The summed E-state index contributed by atoms with van der Waals surface area (Å²) < 4.78 is 6.63. The van der Waals surface area contributed by atoms with E-state index in [4.69, 9.17) is 10.5 Å². The molecule has 5 heteroatoms. The van der Waals surface area contributed by atoms with Gasteiger partial charge < -0.3 is 10.5 Å². The average Bonchev–Trinajstić information content (AvgIpc) is 2.59. The lowest BCUT2D eigenvalue weighted by Gasteiger charge is -1.92. The number of rotatable bonds is 3. The summed E-state index contributed by atoms with van der Waals surface area (Å²) in [6.45, 7) is 0.622. The Balaban J connectivity index is 2.36. The third-order valence-corrected chi connectivity index (χ3v) is 1.97. The highest BCUT2D eigenvalue weighted by atomic mass is 16.5. The number of ether oxygens (including phenoxy) is 1. The summed E-state index contributed by atoms with van der Waals surface area (Å²) in [4.78, 5) is 4.30. The fourth-order valence-electron chi connectivity index (χ4n) is 1.27. The molecule has 5 nitrogen and oxygen atoms in total. The molecule has 0 aliphatic rings. The predicted octanol–water partition coefficient (Wildman–Crippen LogP) is 0.500. The van der Waals surface area contributed by atoms with Crippen molar-refractivity contribution in [2.75, 3.05) is 19.5 Å². The van der Waals surface area contributed by atoms with Crippen LogP contribution in [0.1, 0.15) is 5.82 Å². The summed E-state index contributed by atoms with van der Waals surface area (Å²) in [5.41, 5.74) is 7.09. The molecule has 0 aromatic carbocycles. The van der Waals surface area contributed by atoms with Crippen molar-refractivity contribution in [1.29, 1.82) is 0 Å². The maximum Gasteiger partial charge on any atom is 0.178 e. The van der Waals surface area contributed by atoms with E-state index < -0.39 is 0 Å². The SMILES string of the molecule is COCCc1nc2c(N)cccn2n1. The number of nitrogens with zero attached hydrogens (tertiary/aromatic N) is 3. The van der Waals surface area contributed by atoms with Crippen molar-refractivity contribution in [3.05, 3.63) is 24.2 Å². The van der Waals surface area contributed by atoms with Crippen LogP contribution in [-0.4, -0.2) is 28.3 Å². The Morgan fingerprint density at radius 2 is 2.43 bits per heavy atom. The number of pyridine rings is 1. The van der Waals surface area contributed by atoms with E-state index >= 15 is 0 Å². The van der Waals surface area contributed by atoms with E-state index in [1.165, 1.54) is 0 Å². The number of anilines is 1. The molecule has 0 spiro atoms. The Labute approximate surface area is 81.5 Å². The lowest BCUT2D eigenvalue weighted by molar-refractivity contribution is 0.200. The van der Waals surface area contributed by atoms with Crippen molar-refractivity contribution in [3.8, 4) is 0 Å². The van der Waals surface area contributed by atoms with Gasteiger partial charge in [-0.2, -0.15) is 5.10 Å². The minimum Gasteiger partial charge on any atom is -0.396 e. The largest absolute Gasteiger partial charge is 0.396 e. The van der Waals surface area contributed by atoms with Gasteiger partial charge in [-0.3, -0.25) is 0 Å². The molecule has 0 atom stereocenters. The molecule has 0 saturated carbocycles. The van der Waals surface area contributed by atoms with Gasteiger partial charge in [0, 0.05) is 19.7 Å². The van der Waals surface area contributed by atoms with Gasteiger partial charge in [-0.05, 0) is 12.1 Å². The minimum absolute atomic E-state index is 0.622. The molecule has 2 rings (SSSR count). The first-order valence-electron chi connectivity index (χ1n) is 4.40. The quantitative estimate of drug-likeness (QED) is 0.769. The molecule has 2 aromatic heterocycles. The third-order valence-electron chi connectivity index (χ3n) is 1.97. The lowest BCUT2D eigenvalue weighted by atomic mass is 10.4. The van der Waals surface area contributed by atoms with E-state index in [2.05, 4.69) is 10.1 Å². The maximum atomic E-state index is 5.74. The van der Waals surface area contributed by atoms with Crippen molar-refractivity contribution in [1.82, 2.24) is 14.6 Å². The summed E-state index contributed by atoms with van der Waals surface area (Å²) in [6.07, 6.45) is 2.53. The number of nitrogen functional groups attached to an aromatic ring is 1. The Morgan fingerprint density at radius 3 is 3.14 bits per heavy atom. The molecule has 0 aliphatic heterocycles. The van der Waals surface area contributed by atoms with E-state index in [1.54, 1.807) is 11.6 Å². The Morgan fingerprint density at radius 1 is 1.57 bits per heavy atom. The molecular formula is C9H12N4O. The van der Waals surface area contributed by atoms with Crippen molar-refractivity contribution < 1.29 is 4.74 Å². The summed E-state index contributed by atoms with van der Waals surface area (Å²) >= 11 is 0. The molecule has 2 heterocycles. The van der Waals surface area contributed by atoms with E-state index in [9.17, 15) is 0 Å². The Hall–Kier alpha value is -1.62. The topological polar surface area (TPSA) is 65.4 Å². The van der Waals surface area contributed by atoms with Crippen LogP contribution in [0.4, 0.5) is 5.69 Å². The lowest BCUT2D eigenvalue weighted by Crippen LogP contribution is -1.96. The predicted molar refractivity (Wildman–Crippen MR) is 53.0 cm³/mol. The summed E-state index contributed by atoms with van der Waals surface area (Å²) in [5.74, 6) is 0.754. The average molecular weight is 192 g/mol. The summed E-state index contributed by atoms with van der Waals surface area (Å²) in [5, 5.41) is 4.26. The number of hydrogen-bond acceptors (Lipinski definition) is 4. The van der Waals surface area contributed by atoms with Crippen molar-refractivity contribution >= 4 is 11.3 Å². The highest BCUT2D eigenvalue weighted by Crippen LogP contribution is 2.10. The molecule has 0 bridgehead atoms. The summed E-state index contributed by atoms with van der Waals surface area (Å²) in [6, 6.07) is 3.65. The van der Waals surface area contributed by atoms with Crippen LogP contribution in [0, 0.1) is 0 Å². The number of hydrogen-bond donors (Lipinski definition) is 1. The first-order chi connectivity index (χ1) is 6.81. The molecule has 0 amide bonds. The second kappa shape index (κ2) is 3.63. The normalized spacial score (nSPS) is 10.9. The van der Waals surface area contributed by atoms with Gasteiger partial charge in [-0.25, -0.2) is 9.50 Å². The zero-order valence-electron chi connectivity index (χ0n) is 7.97. The van der Waals surface area contributed by atoms with Gasteiger partial charge in [0.05, 0.1) is 12.3 Å². The van der Waals surface area contributed by atoms with E-state index in [1.807, 2.05) is 18.3 Å². The van der Waals surface area contributed by atoms with Crippen LogP contribution in [0.2, 0.25) is 0 Å². The zero-order valence-corrected chi connectivity index (χ0v) is 7.97. The van der Waals surface area contributed by atoms with Gasteiger partial charge in [0.15, 0.2) is 11.5 Å². The van der Waals surface area contributed by atoms with E-state index in [-0.39, 0.29) is 0 Å². The Kier molecular flexibility index (Phi) is 2.32. The molecule has 2 N–H and O–H groups in total. The molecule has 14 heavy (non-hydrogen) atoms. The van der Waals surface area contributed by atoms with Gasteiger partial charge in [0.1, 0.15) is 0 Å². The first-order valence-corrected chi connectivity index (χ1v) is 4.40. The van der Waals surface area contributed by atoms with Crippen molar-refractivity contribution in [2.45, 2.75) is 6.42 Å². The number of nitrogens with two attached hydrogens (primary N) is 1. The second-order valence-corrected chi connectivity index (χ2v) is 3.00. The van der Waals surface area contributed by atoms with Gasteiger partial charge in [-0.15, -0.1) is 0 Å². The monoisotopic (exact) mass is 192 g/mol. The smallest absolute Gasteiger partial charge is 0.178 e. The molecule has 0 aliphatic carbocycles. The van der Waals surface area contributed by atoms with Crippen LogP contribution < -0.4 is 5.73 Å². The van der Waals surface area contributed by atoms with Crippen LogP contribution >= 0.6 is 0 Å². The number of aromatic nitrogens is 3. The number of methoxy groups -OCH3 is 1. The maximum absolute atomic E-state index is 5.74. The molecular weight excluding hydrogens is 180 g/mol. The zero-order chi connectivity index (χ0) is 9.97. The molecule has 0 fully saturated rings. The van der Waals surface area contributed by atoms with Gasteiger partial charge in [0.25, 0.3) is 0 Å². The molecule has 0 unspecified atom stereocenters. The molecule has 0 saturated heterocycles. The first kappa shape index (κ1) is 8.96. The van der Waals surface area contributed by atoms with Crippen LogP contribution in [0.3, 0.4) is 0 Å². The Bertz CT molecular complexity index is 437. The minimum atomic E-state index is 0.622. The molecule has 0 radical (unpaired) electrons.